The Hall–Kier alpha value is -1.32. The Morgan fingerprint density at radius 3 is 2.60 bits per heavy atom. The first-order valence-electron chi connectivity index (χ1n) is 7.01. The lowest BCUT2D eigenvalue weighted by Gasteiger charge is -2.18. The first-order chi connectivity index (χ1) is 9.58. The van der Waals surface area contributed by atoms with Gasteiger partial charge in [0, 0.05) is 17.5 Å². The van der Waals surface area contributed by atoms with Crippen molar-refractivity contribution in [3.8, 4) is 0 Å². The van der Waals surface area contributed by atoms with Gasteiger partial charge in [-0.15, -0.1) is 0 Å². The molecule has 4 heteroatoms. The summed E-state index contributed by atoms with van der Waals surface area (Å²) in [6.07, 6.45) is 0.707. The Morgan fingerprint density at radius 1 is 1.25 bits per heavy atom. The molecule has 0 saturated heterocycles. The molecule has 0 bridgehead atoms. The zero-order valence-corrected chi connectivity index (χ0v) is 13.0. The number of aryl methyl sites for hydroxylation is 1. The lowest BCUT2D eigenvalue weighted by Crippen LogP contribution is -2.27. The molecule has 0 fully saturated rings. The summed E-state index contributed by atoms with van der Waals surface area (Å²) in [5.41, 5.74) is 1.95. The molecular formula is C16H20ClNO2. The van der Waals surface area contributed by atoms with E-state index in [9.17, 15) is 4.79 Å². The molecule has 2 aromatic rings. The molecule has 1 heterocycles. The van der Waals surface area contributed by atoms with E-state index in [1.54, 1.807) is 6.07 Å². The molecule has 0 amide bonds. The van der Waals surface area contributed by atoms with E-state index < -0.39 is 0 Å². The van der Waals surface area contributed by atoms with Gasteiger partial charge in [-0.2, -0.15) is 0 Å². The van der Waals surface area contributed by atoms with Crippen LogP contribution in [0.5, 0.6) is 0 Å². The molecular weight excluding hydrogens is 274 g/mol. The Labute approximate surface area is 124 Å². The molecule has 1 aromatic heterocycles. The van der Waals surface area contributed by atoms with Gasteiger partial charge in [-0.05, 0) is 38.1 Å². The summed E-state index contributed by atoms with van der Waals surface area (Å²) < 4.78 is 5.40. The zero-order chi connectivity index (χ0) is 14.7. The highest BCUT2D eigenvalue weighted by molar-refractivity contribution is 6.34. The largest absolute Gasteiger partial charge is 0.421 e. The number of hydrogen-bond donors (Lipinski definition) is 0. The molecule has 1 aromatic carbocycles. The summed E-state index contributed by atoms with van der Waals surface area (Å²) in [6.45, 7) is 9.05. The number of halogens is 1. The van der Waals surface area contributed by atoms with Crippen LogP contribution in [0.25, 0.3) is 11.0 Å². The zero-order valence-electron chi connectivity index (χ0n) is 12.2. The third-order valence-corrected chi connectivity index (χ3v) is 4.13. The Balaban J connectivity index is 2.42. The van der Waals surface area contributed by atoms with E-state index >= 15 is 0 Å². The van der Waals surface area contributed by atoms with Crippen molar-refractivity contribution in [3.05, 3.63) is 44.8 Å². The average Bonchev–Trinajstić information content (AvgIpc) is 2.44. The molecule has 3 nitrogen and oxygen atoms in total. The van der Waals surface area contributed by atoms with E-state index in [0.29, 0.717) is 17.0 Å². The van der Waals surface area contributed by atoms with Crippen LogP contribution in [0.4, 0.5) is 0 Å². The summed E-state index contributed by atoms with van der Waals surface area (Å²) in [4.78, 5) is 14.4. The number of fused-ring (bicyclic) bond motifs is 1. The van der Waals surface area contributed by atoms with Crippen molar-refractivity contribution in [1.29, 1.82) is 0 Å². The summed E-state index contributed by atoms with van der Waals surface area (Å²) in [6, 6.07) is 5.56. The van der Waals surface area contributed by atoms with Crippen molar-refractivity contribution in [1.82, 2.24) is 4.90 Å². The highest BCUT2D eigenvalue weighted by Gasteiger charge is 2.13. The molecule has 108 valence electrons. The van der Waals surface area contributed by atoms with Gasteiger partial charge >= 0.3 is 5.63 Å². The van der Waals surface area contributed by atoms with Crippen LogP contribution in [0, 0.1) is 6.92 Å². The van der Waals surface area contributed by atoms with Gasteiger partial charge in [0.05, 0.1) is 5.02 Å². The van der Waals surface area contributed by atoms with E-state index in [4.69, 9.17) is 16.0 Å². The fourth-order valence-electron chi connectivity index (χ4n) is 2.48. The minimum absolute atomic E-state index is 0.268. The van der Waals surface area contributed by atoms with Crippen molar-refractivity contribution in [3.63, 3.8) is 0 Å². The minimum atomic E-state index is -0.268. The number of rotatable bonds is 5. The predicted molar refractivity (Wildman–Crippen MR) is 83.7 cm³/mol. The van der Waals surface area contributed by atoms with Crippen LogP contribution in [0.15, 0.2) is 27.4 Å². The Kier molecular flexibility index (Phi) is 4.84. The number of likely N-dealkylation sites (N-methyl/N-ethyl adjacent to an activating group) is 1. The third-order valence-electron chi connectivity index (χ3n) is 3.84. The van der Waals surface area contributed by atoms with Gasteiger partial charge in [-0.25, -0.2) is 4.79 Å². The van der Waals surface area contributed by atoms with E-state index in [0.717, 1.165) is 36.1 Å². The Bertz CT molecular complexity index is 659. The molecule has 0 aliphatic rings. The smallest absolute Gasteiger partial charge is 0.339 e. The maximum absolute atomic E-state index is 12.2. The van der Waals surface area contributed by atoms with Crippen LogP contribution in [0.3, 0.4) is 0 Å². The second-order valence-electron chi connectivity index (χ2n) is 4.89. The first-order valence-corrected chi connectivity index (χ1v) is 7.39. The van der Waals surface area contributed by atoms with Gasteiger partial charge < -0.3 is 9.32 Å². The lowest BCUT2D eigenvalue weighted by molar-refractivity contribution is 0.306. The molecule has 0 aliphatic heterocycles. The molecule has 2 rings (SSSR count). The van der Waals surface area contributed by atoms with Gasteiger partial charge in [0.2, 0.25) is 0 Å². The fourth-order valence-corrected chi connectivity index (χ4v) is 2.69. The first kappa shape index (κ1) is 15.1. The van der Waals surface area contributed by atoms with Crippen molar-refractivity contribution in [2.45, 2.75) is 27.2 Å². The SMILES string of the molecule is CCN(CC)CCc1c(C)c2cccc(Cl)c2oc1=O. The average molecular weight is 294 g/mol. The number of benzene rings is 1. The number of hydrogen-bond acceptors (Lipinski definition) is 3. The number of nitrogens with zero attached hydrogens (tertiary/aromatic N) is 1. The van der Waals surface area contributed by atoms with E-state index in [1.165, 1.54) is 0 Å². The van der Waals surface area contributed by atoms with Crippen LogP contribution >= 0.6 is 11.6 Å². The maximum Gasteiger partial charge on any atom is 0.339 e. The van der Waals surface area contributed by atoms with Crippen LogP contribution in [0.2, 0.25) is 5.02 Å². The highest BCUT2D eigenvalue weighted by Crippen LogP contribution is 2.26. The molecule has 0 spiro atoms. The van der Waals surface area contributed by atoms with Gasteiger partial charge in [-0.3, -0.25) is 0 Å². The lowest BCUT2D eigenvalue weighted by atomic mass is 10.0. The van der Waals surface area contributed by atoms with Crippen molar-refractivity contribution < 1.29 is 4.42 Å². The van der Waals surface area contributed by atoms with Crippen LogP contribution in [-0.2, 0) is 6.42 Å². The molecule has 0 saturated carbocycles. The summed E-state index contributed by atoms with van der Waals surface area (Å²) in [5, 5.41) is 1.41. The monoisotopic (exact) mass is 293 g/mol. The van der Waals surface area contributed by atoms with E-state index in [2.05, 4.69) is 18.7 Å². The summed E-state index contributed by atoms with van der Waals surface area (Å²) in [7, 11) is 0. The van der Waals surface area contributed by atoms with Crippen LogP contribution < -0.4 is 5.63 Å². The minimum Gasteiger partial charge on any atom is -0.421 e. The molecule has 0 aliphatic carbocycles. The molecule has 0 atom stereocenters. The second-order valence-corrected chi connectivity index (χ2v) is 5.29. The quantitative estimate of drug-likeness (QED) is 0.789. The maximum atomic E-state index is 12.2. The van der Waals surface area contributed by atoms with Gasteiger partial charge in [0.25, 0.3) is 0 Å². The van der Waals surface area contributed by atoms with E-state index in [-0.39, 0.29) is 5.63 Å². The molecule has 0 radical (unpaired) electrons. The van der Waals surface area contributed by atoms with E-state index in [1.807, 2.05) is 19.1 Å². The summed E-state index contributed by atoms with van der Waals surface area (Å²) in [5.74, 6) is 0. The number of para-hydroxylation sites is 1. The van der Waals surface area contributed by atoms with Crippen molar-refractivity contribution in [2.75, 3.05) is 19.6 Å². The normalized spacial score (nSPS) is 11.4. The van der Waals surface area contributed by atoms with Gasteiger partial charge in [0.15, 0.2) is 5.58 Å². The topological polar surface area (TPSA) is 33.5 Å². The predicted octanol–water partition coefficient (Wildman–Crippen LogP) is 3.64. The Morgan fingerprint density at radius 2 is 1.95 bits per heavy atom. The highest BCUT2D eigenvalue weighted by atomic mass is 35.5. The second kappa shape index (κ2) is 6.42. The third kappa shape index (κ3) is 2.89. The summed E-state index contributed by atoms with van der Waals surface area (Å²) >= 11 is 6.08. The van der Waals surface area contributed by atoms with Gasteiger partial charge in [-0.1, -0.05) is 37.6 Å². The molecule has 0 unspecified atom stereocenters. The van der Waals surface area contributed by atoms with Crippen LogP contribution in [-0.4, -0.2) is 24.5 Å². The standard InChI is InChI=1S/C16H20ClNO2/c1-4-18(5-2)10-9-13-11(3)12-7-6-8-14(17)15(12)20-16(13)19/h6-8H,4-5,9-10H2,1-3H3. The fraction of sp³-hybridized carbons (Fsp3) is 0.438. The van der Waals surface area contributed by atoms with Crippen molar-refractivity contribution >= 4 is 22.6 Å². The molecule has 20 heavy (non-hydrogen) atoms. The van der Waals surface area contributed by atoms with Gasteiger partial charge in [0.1, 0.15) is 0 Å². The van der Waals surface area contributed by atoms with Crippen molar-refractivity contribution in [2.24, 2.45) is 0 Å². The van der Waals surface area contributed by atoms with Crippen LogP contribution in [0.1, 0.15) is 25.0 Å². The molecule has 0 N–H and O–H groups in total.